The van der Waals surface area contributed by atoms with Crippen molar-refractivity contribution in [2.45, 2.75) is 4.90 Å². The molecule has 0 amide bonds. The van der Waals surface area contributed by atoms with E-state index in [1.807, 2.05) is 18.2 Å². The first kappa shape index (κ1) is 18.6. The second kappa shape index (κ2) is 7.37. The van der Waals surface area contributed by atoms with Gasteiger partial charge >= 0.3 is 0 Å². The van der Waals surface area contributed by atoms with Crippen LogP contribution in [0.2, 0.25) is 0 Å². The number of hydrogen-bond acceptors (Lipinski definition) is 6. The molecule has 1 aliphatic rings. The molecular weight excluding hydrogens is 378 g/mol. The number of benzene rings is 2. The summed E-state index contributed by atoms with van der Waals surface area (Å²) in [6, 6.07) is 12.5. The Kier molecular flexibility index (Phi) is 4.91. The largest absolute Gasteiger partial charge is 0.497 e. The van der Waals surface area contributed by atoms with E-state index in [2.05, 4.69) is 10.2 Å². The van der Waals surface area contributed by atoms with E-state index in [0.29, 0.717) is 11.3 Å². The highest BCUT2D eigenvalue weighted by atomic mass is 32.2. The lowest BCUT2D eigenvalue weighted by atomic mass is 10.2. The van der Waals surface area contributed by atoms with Crippen LogP contribution in [-0.4, -0.2) is 52.8 Å². The van der Waals surface area contributed by atoms with Crippen LogP contribution in [0.15, 0.2) is 53.6 Å². The number of nitrogens with zero attached hydrogens (tertiary/aromatic N) is 2. The number of rotatable bonds is 5. The van der Waals surface area contributed by atoms with Gasteiger partial charge in [0.25, 0.3) is 10.0 Å². The van der Waals surface area contributed by atoms with E-state index in [1.54, 1.807) is 24.4 Å². The minimum atomic E-state index is -3.86. The molecule has 0 radical (unpaired) electrons. The van der Waals surface area contributed by atoms with Crippen molar-refractivity contribution in [1.82, 2.24) is 9.29 Å². The molecule has 0 atom stereocenters. The lowest BCUT2D eigenvalue weighted by Crippen LogP contribution is -2.43. The fraction of sp³-hybridized carbons (Fsp3) is 0.300. The van der Waals surface area contributed by atoms with Crippen LogP contribution in [0.25, 0.3) is 10.9 Å². The summed E-state index contributed by atoms with van der Waals surface area (Å²) in [5, 5.41) is 4.19. The summed E-state index contributed by atoms with van der Waals surface area (Å²) in [5.41, 5.74) is 1.66. The third kappa shape index (κ3) is 3.18. The molecule has 148 valence electrons. The van der Waals surface area contributed by atoms with E-state index in [1.165, 1.54) is 24.3 Å². The highest BCUT2D eigenvalue weighted by Gasteiger charge is 2.24. The van der Waals surface area contributed by atoms with Crippen LogP contribution < -0.4 is 19.7 Å². The van der Waals surface area contributed by atoms with Gasteiger partial charge in [-0.1, -0.05) is 6.07 Å². The molecule has 0 aliphatic carbocycles. The number of nitrogens with one attached hydrogen (secondary N) is 1. The fourth-order valence-corrected chi connectivity index (χ4v) is 5.03. The topological polar surface area (TPSA) is 72.8 Å². The minimum Gasteiger partial charge on any atom is -0.497 e. The van der Waals surface area contributed by atoms with Gasteiger partial charge in [-0.3, -0.25) is 0 Å². The van der Waals surface area contributed by atoms with Gasteiger partial charge in [-0.15, -0.1) is 0 Å². The fourth-order valence-electron chi connectivity index (χ4n) is 3.51. The molecule has 1 aromatic heterocycles. The minimum absolute atomic E-state index is 0.0689. The monoisotopic (exact) mass is 401 g/mol. The maximum Gasteiger partial charge on any atom is 0.271 e. The Balaban J connectivity index is 1.84. The first-order chi connectivity index (χ1) is 13.5. The Morgan fingerprint density at radius 2 is 1.75 bits per heavy atom. The lowest BCUT2D eigenvalue weighted by Gasteiger charge is -2.29. The number of aromatic nitrogens is 1. The van der Waals surface area contributed by atoms with Gasteiger partial charge in [0, 0.05) is 49.5 Å². The highest BCUT2D eigenvalue weighted by Crippen LogP contribution is 2.32. The molecular formula is C20H23N3O4S. The summed E-state index contributed by atoms with van der Waals surface area (Å²) in [7, 11) is -0.906. The zero-order chi connectivity index (χ0) is 19.7. The third-order valence-electron chi connectivity index (χ3n) is 5.03. The standard InChI is InChI=1S/C20H23N3O4S/c1-26-17-5-6-19(27-2)20(14-17)28(24,25)23-10-7-15-3-4-16(13-18(15)23)22-11-8-21-9-12-22/h3-7,10,13-14,21H,8-9,11-12H2,1-2H3. The molecule has 4 rings (SSSR count). The molecule has 8 heteroatoms. The molecule has 1 N–H and O–H groups in total. The predicted molar refractivity (Wildman–Crippen MR) is 109 cm³/mol. The van der Waals surface area contributed by atoms with Crippen LogP contribution in [0.1, 0.15) is 0 Å². The third-order valence-corrected chi connectivity index (χ3v) is 6.74. The number of anilines is 1. The summed E-state index contributed by atoms with van der Waals surface area (Å²) in [4.78, 5) is 2.32. The van der Waals surface area contributed by atoms with Crippen molar-refractivity contribution < 1.29 is 17.9 Å². The Bertz CT molecular complexity index is 1100. The van der Waals surface area contributed by atoms with Gasteiger partial charge < -0.3 is 19.7 Å². The Hall–Kier alpha value is -2.71. The molecule has 1 aliphatic heterocycles. The molecule has 28 heavy (non-hydrogen) atoms. The number of ether oxygens (including phenoxy) is 2. The maximum atomic E-state index is 13.4. The van der Waals surface area contributed by atoms with Gasteiger partial charge in [-0.2, -0.15) is 0 Å². The summed E-state index contributed by atoms with van der Waals surface area (Å²) in [5.74, 6) is 0.734. The van der Waals surface area contributed by atoms with Crippen LogP contribution in [0.4, 0.5) is 5.69 Å². The first-order valence-electron chi connectivity index (χ1n) is 9.09. The number of fused-ring (bicyclic) bond motifs is 1. The second-order valence-electron chi connectivity index (χ2n) is 6.61. The zero-order valence-corrected chi connectivity index (χ0v) is 16.7. The van der Waals surface area contributed by atoms with Gasteiger partial charge in [0.15, 0.2) is 0 Å². The van der Waals surface area contributed by atoms with E-state index >= 15 is 0 Å². The van der Waals surface area contributed by atoms with Gasteiger partial charge in [0.1, 0.15) is 16.4 Å². The van der Waals surface area contributed by atoms with Crippen molar-refractivity contribution in [3.05, 3.63) is 48.7 Å². The molecule has 0 bridgehead atoms. The first-order valence-corrected chi connectivity index (χ1v) is 10.5. The molecule has 1 saturated heterocycles. The number of piperazine rings is 1. The lowest BCUT2D eigenvalue weighted by molar-refractivity contribution is 0.392. The van der Waals surface area contributed by atoms with Gasteiger partial charge in [-0.05, 0) is 30.3 Å². The van der Waals surface area contributed by atoms with Crippen LogP contribution in [0.5, 0.6) is 11.5 Å². The van der Waals surface area contributed by atoms with E-state index in [9.17, 15) is 8.42 Å². The van der Waals surface area contributed by atoms with Gasteiger partial charge in [0.05, 0.1) is 19.7 Å². The zero-order valence-electron chi connectivity index (χ0n) is 15.9. The van der Waals surface area contributed by atoms with Crippen LogP contribution in [0, 0.1) is 0 Å². The molecule has 7 nitrogen and oxygen atoms in total. The average Bonchev–Trinajstić information content (AvgIpc) is 3.18. The number of methoxy groups -OCH3 is 2. The highest BCUT2D eigenvalue weighted by molar-refractivity contribution is 7.90. The van der Waals surface area contributed by atoms with Crippen molar-refractivity contribution in [2.75, 3.05) is 45.3 Å². The molecule has 0 spiro atoms. The molecule has 1 fully saturated rings. The van der Waals surface area contributed by atoms with Crippen molar-refractivity contribution >= 4 is 26.6 Å². The van der Waals surface area contributed by atoms with Gasteiger partial charge in [0.2, 0.25) is 0 Å². The molecule has 2 heterocycles. The maximum absolute atomic E-state index is 13.4. The summed E-state index contributed by atoms with van der Waals surface area (Å²) in [6.45, 7) is 3.61. The van der Waals surface area contributed by atoms with Gasteiger partial charge in [-0.25, -0.2) is 12.4 Å². The van der Waals surface area contributed by atoms with Crippen LogP contribution in [0.3, 0.4) is 0 Å². The van der Waals surface area contributed by atoms with Crippen molar-refractivity contribution in [1.29, 1.82) is 0 Å². The Morgan fingerprint density at radius 3 is 2.46 bits per heavy atom. The smallest absolute Gasteiger partial charge is 0.271 e. The normalized spacial score (nSPS) is 15.0. The predicted octanol–water partition coefficient (Wildman–Crippen LogP) is 2.31. The quantitative estimate of drug-likeness (QED) is 0.707. The van der Waals surface area contributed by atoms with E-state index in [0.717, 1.165) is 37.3 Å². The second-order valence-corrected chi connectivity index (χ2v) is 8.40. The Morgan fingerprint density at radius 1 is 0.964 bits per heavy atom. The van der Waals surface area contributed by atoms with E-state index < -0.39 is 10.0 Å². The SMILES string of the molecule is COc1ccc(OC)c(S(=O)(=O)n2ccc3ccc(N4CCNCC4)cc32)c1. The van der Waals surface area contributed by atoms with Crippen LogP contribution in [-0.2, 0) is 10.0 Å². The van der Waals surface area contributed by atoms with E-state index in [4.69, 9.17) is 9.47 Å². The summed E-state index contributed by atoms with van der Waals surface area (Å²) < 4.78 is 38.7. The summed E-state index contributed by atoms with van der Waals surface area (Å²) >= 11 is 0. The summed E-state index contributed by atoms with van der Waals surface area (Å²) in [6.07, 6.45) is 1.58. The molecule has 0 saturated carbocycles. The van der Waals surface area contributed by atoms with Crippen LogP contribution >= 0.6 is 0 Å². The Labute approximate surface area is 164 Å². The van der Waals surface area contributed by atoms with Crippen molar-refractivity contribution in [2.24, 2.45) is 0 Å². The van der Waals surface area contributed by atoms with Crippen molar-refractivity contribution in [3.63, 3.8) is 0 Å². The number of hydrogen-bond donors (Lipinski definition) is 1. The molecule has 3 aromatic rings. The molecule has 2 aromatic carbocycles. The van der Waals surface area contributed by atoms with E-state index in [-0.39, 0.29) is 10.6 Å². The average molecular weight is 401 g/mol. The molecule has 0 unspecified atom stereocenters. The van der Waals surface area contributed by atoms with Crippen molar-refractivity contribution in [3.8, 4) is 11.5 Å².